The molecular weight excluding hydrogens is 446 g/mol. The van der Waals surface area contributed by atoms with Crippen molar-refractivity contribution < 1.29 is 22.9 Å². The molecule has 0 aliphatic carbocycles. The highest BCUT2D eigenvalue weighted by Crippen LogP contribution is 2.28. The van der Waals surface area contributed by atoms with Crippen LogP contribution in [0.15, 0.2) is 47.4 Å². The van der Waals surface area contributed by atoms with Gasteiger partial charge >= 0.3 is 0 Å². The van der Waals surface area contributed by atoms with Crippen LogP contribution in [0.2, 0.25) is 0 Å². The van der Waals surface area contributed by atoms with Gasteiger partial charge in [-0.15, -0.1) is 0 Å². The monoisotopic (exact) mass is 475 g/mol. The summed E-state index contributed by atoms with van der Waals surface area (Å²) in [6, 6.07) is 11.6. The molecule has 10 heteroatoms. The lowest BCUT2D eigenvalue weighted by molar-refractivity contribution is -0.385. The lowest BCUT2D eigenvalue weighted by Gasteiger charge is -2.30. The molecule has 1 aliphatic heterocycles. The molecule has 1 fully saturated rings. The van der Waals surface area contributed by atoms with E-state index >= 15 is 0 Å². The smallest absolute Gasteiger partial charge is 0.270 e. The lowest BCUT2D eigenvalue weighted by atomic mass is 9.97. The predicted molar refractivity (Wildman–Crippen MR) is 124 cm³/mol. The summed E-state index contributed by atoms with van der Waals surface area (Å²) in [7, 11) is -3.87. The number of ether oxygens (including phenoxy) is 1. The largest absolute Gasteiger partial charge is 0.494 e. The van der Waals surface area contributed by atoms with Gasteiger partial charge in [0.2, 0.25) is 15.9 Å². The minimum Gasteiger partial charge on any atom is -0.494 e. The van der Waals surface area contributed by atoms with Crippen molar-refractivity contribution in [3.63, 3.8) is 0 Å². The number of nitro groups is 1. The van der Waals surface area contributed by atoms with E-state index in [0.717, 1.165) is 17.4 Å². The summed E-state index contributed by atoms with van der Waals surface area (Å²) < 4.78 is 33.0. The summed E-state index contributed by atoms with van der Waals surface area (Å²) >= 11 is 0. The molecular formula is C23H29N3O6S. The van der Waals surface area contributed by atoms with Gasteiger partial charge in [-0.2, -0.15) is 4.31 Å². The van der Waals surface area contributed by atoms with Crippen LogP contribution >= 0.6 is 0 Å². The number of hydrogen-bond acceptors (Lipinski definition) is 6. The number of carbonyl (C=O) groups is 1. The Morgan fingerprint density at radius 2 is 1.91 bits per heavy atom. The van der Waals surface area contributed by atoms with E-state index in [2.05, 4.69) is 5.32 Å². The molecule has 0 unspecified atom stereocenters. The molecule has 0 saturated carbocycles. The number of rotatable bonds is 9. The average molecular weight is 476 g/mol. The summed E-state index contributed by atoms with van der Waals surface area (Å²) in [4.78, 5) is 22.9. The number of non-ortho nitro benzene ring substituents is 1. The fourth-order valence-corrected chi connectivity index (χ4v) is 5.52. The summed E-state index contributed by atoms with van der Waals surface area (Å²) in [5.74, 6) is 0.448. The molecule has 0 radical (unpaired) electrons. The topological polar surface area (TPSA) is 119 Å². The molecule has 3 rings (SSSR count). The van der Waals surface area contributed by atoms with Gasteiger partial charge in [0.25, 0.3) is 5.69 Å². The van der Waals surface area contributed by atoms with Crippen molar-refractivity contribution in [1.82, 2.24) is 9.62 Å². The fraction of sp³-hybridized carbons (Fsp3) is 0.435. The van der Waals surface area contributed by atoms with Crippen LogP contribution in [-0.4, -0.2) is 49.8 Å². The van der Waals surface area contributed by atoms with Crippen molar-refractivity contribution in [2.24, 2.45) is 5.92 Å². The Morgan fingerprint density at radius 3 is 2.58 bits per heavy atom. The number of sulfonamides is 1. The average Bonchev–Trinajstić information content (AvgIpc) is 2.79. The number of piperidine rings is 1. The second-order valence-electron chi connectivity index (χ2n) is 8.19. The molecule has 2 aromatic rings. The van der Waals surface area contributed by atoms with Crippen molar-refractivity contribution in [3.05, 3.63) is 63.7 Å². The second kappa shape index (κ2) is 10.8. The summed E-state index contributed by atoms with van der Waals surface area (Å²) in [5.41, 5.74) is 1.31. The minimum absolute atomic E-state index is 0.0618. The third kappa shape index (κ3) is 6.29. The van der Waals surface area contributed by atoms with E-state index in [4.69, 9.17) is 4.74 Å². The zero-order valence-corrected chi connectivity index (χ0v) is 19.6. The predicted octanol–water partition coefficient (Wildman–Crippen LogP) is 3.20. The van der Waals surface area contributed by atoms with Crippen LogP contribution in [0.3, 0.4) is 0 Å². The SMILES string of the molecule is Cc1cccc(OCCCNC(=O)C2CCN(S(=O)(=O)c3cc([N+](=O)[O-])ccc3C)CC2)c1. The third-order valence-electron chi connectivity index (χ3n) is 5.70. The standard InChI is InChI=1S/C23H29N3O6S/c1-17-5-3-6-21(15-17)32-14-4-11-24-23(27)19-9-12-25(13-10-19)33(30,31)22-16-20(26(28)29)8-7-18(22)2/h3,5-8,15-16,19H,4,9-14H2,1-2H3,(H,24,27). The minimum atomic E-state index is -3.87. The van der Waals surface area contributed by atoms with Gasteiger partial charge in [0.15, 0.2) is 0 Å². The number of nitrogens with one attached hydrogen (secondary N) is 1. The zero-order valence-electron chi connectivity index (χ0n) is 18.8. The van der Waals surface area contributed by atoms with E-state index in [1.165, 1.54) is 16.4 Å². The van der Waals surface area contributed by atoms with E-state index in [0.29, 0.717) is 38.0 Å². The quantitative estimate of drug-likeness (QED) is 0.338. The fourth-order valence-electron chi connectivity index (χ4n) is 3.80. The maximum atomic E-state index is 13.0. The van der Waals surface area contributed by atoms with E-state index in [9.17, 15) is 23.3 Å². The number of carbonyl (C=O) groups excluding carboxylic acids is 1. The highest BCUT2D eigenvalue weighted by molar-refractivity contribution is 7.89. The summed E-state index contributed by atoms with van der Waals surface area (Å²) in [5, 5.41) is 13.9. The summed E-state index contributed by atoms with van der Waals surface area (Å²) in [6.45, 7) is 4.96. The summed E-state index contributed by atoms with van der Waals surface area (Å²) in [6.07, 6.45) is 1.47. The first-order chi connectivity index (χ1) is 15.7. The van der Waals surface area contributed by atoms with Crippen LogP contribution < -0.4 is 10.1 Å². The maximum Gasteiger partial charge on any atom is 0.270 e. The van der Waals surface area contributed by atoms with Crippen molar-refractivity contribution >= 4 is 21.6 Å². The third-order valence-corrected chi connectivity index (χ3v) is 7.74. The van der Waals surface area contributed by atoms with Crippen LogP contribution in [0.25, 0.3) is 0 Å². The van der Waals surface area contributed by atoms with Crippen LogP contribution in [0.1, 0.15) is 30.4 Å². The molecule has 1 saturated heterocycles. The van der Waals surface area contributed by atoms with Crippen molar-refractivity contribution in [1.29, 1.82) is 0 Å². The Bertz CT molecular complexity index is 1110. The number of benzene rings is 2. The van der Waals surface area contributed by atoms with E-state index in [1.807, 2.05) is 31.2 Å². The van der Waals surface area contributed by atoms with Gasteiger partial charge < -0.3 is 10.1 Å². The van der Waals surface area contributed by atoms with Gasteiger partial charge in [-0.1, -0.05) is 18.2 Å². The first-order valence-corrected chi connectivity index (χ1v) is 12.3. The zero-order chi connectivity index (χ0) is 24.0. The highest BCUT2D eigenvalue weighted by Gasteiger charge is 2.33. The van der Waals surface area contributed by atoms with Crippen LogP contribution in [0.5, 0.6) is 5.75 Å². The molecule has 178 valence electrons. The number of hydrogen-bond donors (Lipinski definition) is 1. The van der Waals surface area contributed by atoms with Gasteiger partial charge in [-0.25, -0.2) is 8.42 Å². The molecule has 1 aliphatic rings. The molecule has 2 aromatic carbocycles. The van der Waals surface area contributed by atoms with E-state index in [1.54, 1.807) is 6.92 Å². The Hall–Kier alpha value is -2.98. The normalized spacial score (nSPS) is 15.2. The maximum absolute atomic E-state index is 13.0. The molecule has 0 atom stereocenters. The van der Waals surface area contributed by atoms with Gasteiger partial charge in [-0.3, -0.25) is 14.9 Å². The highest BCUT2D eigenvalue weighted by atomic mass is 32.2. The molecule has 1 N–H and O–H groups in total. The first-order valence-electron chi connectivity index (χ1n) is 10.9. The van der Waals surface area contributed by atoms with Crippen molar-refractivity contribution in [3.8, 4) is 5.75 Å². The molecule has 1 amide bonds. The molecule has 33 heavy (non-hydrogen) atoms. The Kier molecular flexibility index (Phi) is 8.04. The number of nitrogens with zero attached hydrogens (tertiary/aromatic N) is 2. The lowest BCUT2D eigenvalue weighted by Crippen LogP contribution is -2.43. The van der Waals surface area contributed by atoms with Gasteiger partial charge in [0, 0.05) is 37.7 Å². The van der Waals surface area contributed by atoms with E-state index < -0.39 is 14.9 Å². The van der Waals surface area contributed by atoms with Gasteiger partial charge in [-0.05, 0) is 56.4 Å². The molecule has 0 bridgehead atoms. The van der Waals surface area contributed by atoms with Crippen LogP contribution in [0, 0.1) is 29.9 Å². The molecule has 0 spiro atoms. The Morgan fingerprint density at radius 1 is 1.18 bits per heavy atom. The van der Waals surface area contributed by atoms with Crippen molar-refractivity contribution in [2.45, 2.75) is 38.0 Å². The van der Waals surface area contributed by atoms with Crippen molar-refractivity contribution in [2.75, 3.05) is 26.2 Å². The number of amides is 1. The van der Waals surface area contributed by atoms with Crippen LogP contribution in [0.4, 0.5) is 5.69 Å². The Balaban J connectivity index is 1.46. The number of nitro benzene ring substituents is 1. The number of aryl methyl sites for hydroxylation is 2. The van der Waals surface area contributed by atoms with Gasteiger partial charge in [0.05, 0.1) is 16.4 Å². The Labute approximate surface area is 193 Å². The molecule has 0 aromatic heterocycles. The molecule has 1 heterocycles. The van der Waals surface area contributed by atoms with Gasteiger partial charge in [0.1, 0.15) is 5.75 Å². The van der Waals surface area contributed by atoms with E-state index in [-0.39, 0.29) is 35.5 Å². The first kappa shape index (κ1) is 24.7. The second-order valence-corrected chi connectivity index (χ2v) is 10.1. The molecule has 9 nitrogen and oxygen atoms in total. The van der Waals surface area contributed by atoms with Crippen LogP contribution in [-0.2, 0) is 14.8 Å².